The Labute approximate surface area is 116 Å². The maximum absolute atomic E-state index is 13.3. The van der Waals surface area contributed by atoms with Crippen LogP contribution >= 0.6 is 0 Å². The van der Waals surface area contributed by atoms with E-state index in [-0.39, 0.29) is 11.4 Å². The Bertz CT molecular complexity index is 396. The van der Waals surface area contributed by atoms with Crippen molar-refractivity contribution in [2.75, 3.05) is 6.61 Å². The van der Waals surface area contributed by atoms with Crippen molar-refractivity contribution in [3.63, 3.8) is 0 Å². The summed E-state index contributed by atoms with van der Waals surface area (Å²) in [5.74, 6) is 1.16. The lowest BCUT2D eigenvalue weighted by molar-refractivity contribution is 0.284. The van der Waals surface area contributed by atoms with Crippen LogP contribution in [0.4, 0.5) is 4.39 Å². The topological polar surface area (TPSA) is 21.3 Å². The zero-order chi connectivity index (χ0) is 14.5. The van der Waals surface area contributed by atoms with Crippen molar-refractivity contribution in [1.82, 2.24) is 5.32 Å². The summed E-state index contributed by atoms with van der Waals surface area (Å²) < 4.78 is 19.1. The average molecular weight is 267 g/mol. The molecule has 0 atom stereocenters. The molecule has 0 amide bonds. The van der Waals surface area contributed by atoms with Crippen LogP contribution in [-0.4, -0.2) is 12.1 Å². The molecule has 1 aromatic rings. The summed E-state index contributed by atoms with van der Waals surface area (Å²) in [6.07, 6.45) is 1.00. The molecule has 0 aliphatic rings. The Morgan fingerprint density at radius 2 is 1.95 bits per heavy atom. The molecule has 0 unspecified atom stereocenters. The Morgan fingerprint density at radius 3 is 2.53 bits per heavy atom. The Kier molecular flexibility index (Phi) is 5.80. The molecule has 19 heavy (non-hydrogen) atoms. The van der Waals surface area contributed by atoms with Crippen LogP contribution in [0.5, 0.6) is 5.75 Å². The minimum atomic E-state index is -0.220. The van der Waals surface area contributed by atoms with Crippen LogP contribution in [0.25, 0.3) is 0 Å². The number of benzene rings is 1. The van der Waals surface area contributed by atoms with Gasteiger partial charge in [-0.1, -0.05) is 13.8 Å². The van der Waals surface area contributed by atoms with Crippen LogP contribution in [0.2, 0.25) is 0 Å². The molecule has 1 rings (SSSR count). The van der Waals surface area contributed by atoms with Crippen molar-refractivity contribution in [2.24, 2.45) is 5.92 Å². The monoisotopic (exact) mass is 267 g/mol. The molecule has 0 saturated carbocycles. The minimum Gasteiger partial charge on any atom is -0.493 e. The third kappa shape index (κ3) is 6.58. The fourth-order valence-corrected chi connectivity index (χ4v) is 1.59. The highest BCUT2D eigenvalue weighted by Gasteiger charge is 2.12. The molecular weight excluding hydrogens is 241 g/mol. The van der Waals surface area contributed by atoms with Crippen molar-refractivity contribution >= 4 is 0 Å². The maximum Gasteiger partial charge on any atom is 0.123 e. The molecule has 0 fully saturated rings. The fraction of sp³-hybridized carbons (Fsp3) is 0.625. The molecule has 3 heteroatoms. The summed E-state index contributed by atoms with van der Waals surface area (Å²) in [5, 5.41) is 3.36. The van der Waals surface area contributed by atoms with Gasteiger partial charge in [-0.2, -0.15) is 0 Å². The summed E-state index contributed by atoms with van der Waals surface area (Å²) in [4.78, 5) is 0. The predicted octanol–water partition coefficient (Wildman–Crippen LogP) is 4.14. The molecule has 108 valence electrons. The minimum absolute atomic E-state index is 0.00151. The summed E-state index contributed by atoms with van der Waals surface area (Å²) in [7, 11) is 0. The molecular formula is C16H26FNO. The van der Waals surface area contributed by atoms with E-state index in [0.717, 1.165) is 17.7 Å². The molecule has 0 bridgehead atoms. The quantitative estimate of drug-likeness (QED) is 0.836. The van der Waals surface area contributed by atoms with E-state index in [0.29, 0.717) is 19.1 Å². The first-order chi connectivity index (χ1) is 8.78. The molecule has 1 N–H and O–H groups in total. The lowest BCUT2D eigenvalue weighted by Gasteiger charge is -2.22. The van der Waals surface area contributed by atoms with E-state index < -0.39 is 0 Å². The summed E-state index contributed by atoms with van der Waals surface area (Å²) in [5.41, 5.74) is 0.875. The van der Waals surface area contributed by atoms with E-state index in [1.807, 2.05) is 0 Å². The number of hydrogen-bond acceptors (Lipinski definition) is 2. The Hall–Kier alpha value is -1.09. The number of ether oxygens (including phenoxy) is 1. The first-order valence-corrected chi connectivity index (χ1v) is 6.94. The van der Waals surface area contributed by atoms with Crippen molar-refractivity contribution in [2.45, 2.75) is 53.1 Å². The third-order valence-electron chi connectivity index (χ3n) is 2.78. The highest BCUT2D eigenvalue weighted by molar-refractivity contribution is 5.34. The molecule has 0 heterocycles. The fourth-order valence-electron chi connectivity index (χ4n) is 1.59. The van der Waals surface area contributed by atoms with Crippen molar-refractivity contribution in [3.05, 3.63) is 29.6 Å². The van der Waals surface area contributed by atoms with Gasteiger partial charge in [-0.25, -0.2) is 4.39 Å². The number of hydrogen-bond donors (Lipinski definition) is 1. The first-order valence-electron chi connectivity index (χ1n) is 6.94. The van der Waals surface area contributed by atoms with E-state index in [1.54, 1.807) is 12.1 Å². The van der Waals surface area contributed by atoms with Crippen LogP contribution in [0, 0.1) is 11.7 Å². The Balaban J connectivity index is 2.68. The van der Waals surface area contributed by atoms with Gasteiger partial charge in [0.25, 0.3) is 0 Å². The molecule has 0 aliphatic heterocycles. The molecule has 0 radical (unpaired) electrons. The van der Waals surface area contributed by atoms with Gasteiger partial charge in [0.2, 0.25) is 0 Å². The second-order valence-electron chi connectivity index (χ2n) is 6.39. The molecule has 0 saturated heterocycles. The van der Waals surface area contributed by atoms with Crippen LogP contribution in [0.3, 0.4) is 0 Å². The van der Waals surface area contributed by atoms with E-state index in [1.165, 1.54) is 6.07 Å². The number of nitrogens with one attached hydrogen (secondary N) is 1. The van der Waals surface area contributed by atoms with Crippen molar-refractivity contribution in [1.29, 1.82) is 0 Å². The highest BCUT2D eigenvalue weighted by atomic mass is 19.1. The second-order valence-corrected chi connectivity index (χ2v) is 6.39. The predicted molar refractivity (Wildman–Crippen MR) is 77.9 cm³/mol. The van der Waals surface area contributed by atoms with E-state index in [2.05, 4.69) is 39.9 Å². The van der Waals surface area contributed by atoms with Gasteiger partial charge in [-0.05, 0) is 51.3 Å². The van der Waals surface area contributed by atoms with E-state index >= 15 is 0 Å². The van der Waals surface area contributed by atoms with E-state index in [9.17, 15) is 4.39 Å². The Morgan fingerprint density at radius 1 is 1.26 bits per heavy atom. The van der Waals surface area contributed by atoms with Crippen molar-refractivity contribution in [3.8, 4) is 5.75 Å². The normalized spacial score (nSPS) is 11.9. The lowest BCUT2D eigenvalue weighted by Crippen LogP contribution is -2.35. The molecule has 0 aliphatic carbocycles. The standard InChI is InChI=1S/C16H26FNO/c1-12(2)8-9-19-15-7-6-14(17)10-13(15)11-18-16(3,4)5/h6-7,10,12,18H,8-9,11H2,1-5H3. The van der Waals surface area contributed by atoms with Gasteiger partial charge in [0, 0.05) is 17.6 Å². The molecule has 0 aromatic heterocycles. The van der Waals surface area contributed by atoms with Gasteiger partial charge in [0.05, 0.1) is 6.61 Å². The third-order valence-corrected chi connectivity index (χ3v) is 2.78. The van der Waals surface area contributed by atoms with Gasteiger partial charge in [0.15, 0.2) is 0 Å². The molecule has 0 spiro atoms. The largest absolute Gasteiger partial charge is 0.493 e. The summed E-state index contributed by atoms with van der Waals surface area (Å²) >= 11 is 0. The van der Waals surface area contributed by atoms with Crippen LogP contribution in [0.15, 0.2) is 18.2 Å². The van der Waals surface area contributed by atoms with Gasteiger partial charge in [-0.15, -0.1) is 0 Å². The van der Waals surface area contributed by atoms with Gasteiger partial charge in [0.1, 0.15) is 11.6 Å². The zero-order valence-corrected chi connectivity index (χ0v) is 12.7. The molecule has 2 nitrogen and oxygen atoms in total. The number of rotatable bonds is 6. The first kappa shape index (κ1) is 16.0. The summed E-state index contributed by atoms with van der Waals surface area (Å²) in [6.45, 7) is 11.9. The van der Waals surface area contributed by atoms with Crippen LogP contribution in [-0.2, 0) is 6.54 Å². The van der Waals surface area contributed by atoms with Gasteiger partial charge < -0.3 is 10.1 Å². The maximum atomic E-state index is 13.3. The summed E-state index contributed by atoms with van der Waals surface area (Å²) in [6, 6.07) is 4.71. The van der Waals surface area contributed by atoms with Crippen LogP contribution < -0.4 is 10.1 Å². The highest BCUT2D eigenvalue weighted by Crippen LogP contribution is 2.21. The van der Waals surface area contributed by atoms with Crippen LogP contribution in [0.1, 0.15) is 46.6 Å². The SMILES string of the molecule is CC(C)CCOc1ccc(F)cc1CNC(C)(C)C. The van der Waals surface area contributed by atoms with Gasteiger partial charge >= 0.3 is 0 Å². The second kappa shape index (κ2) is 6.90. The smallest absolute Gasteiger partial charge is 0.123 e. The lowest BCUT2D eigenvalue weighted by atomic mass is 10.1. The zero-order valence-electron chi connectivity index (χ0n) is 12.7. The van der Waals surface area contributed by atoms with Crippen molar-refractivity contribution < 1.29 is 9.13 Å². The molecule has 1 aromatic carbocycles. The van der Waals surface area contributed by atoms with Gasteiger partial charge in [-0.3, -0.25) is 0 Å². The number of halogens is 1. The van der Waals surface area contributed by atoms with E-state index in [4.69, 9.17) is 4.74 Å². The average Bonchev–Trinajstić information content (AvgIpc) is 2.27.